The molecule has 1 aromatic rings. The molecule has 4 nitrogen and oxygen atoms in total. The highest BCUT2D eigenvalue weighted by molar-refractivity contribution is 5.80. The van der Waals surface area contributed by atoms with E-state index in [-0.39, 0.29) is 24.1 Å². The maximum atomic E-state index is 11.6. The first-order valence-corrected chi connectivity index (χ1v) is 6.27. The van der Waals surface area contributed by atoms with Gasteiger partial charge in [-0.1, -0.05) is 12.1 Å². The molecule has 2 unspecified atom stereocenters. The number of carbonyl (C=O) groups is 1. The molecule has 0 radical (unpaired) electrons. The van der Waals surface area contributed by atoms with Crippen LogP contribution >= 0.6 is 0 Å². The third-order valence-electron chi connectivity index (χ3n) is 3.20. The van der Waals surface area contributed by atoms with Crippen molar-refractivity contribution in [1.82, 2.24) is 4.90 Å². The number of ether oxygens (including phenoxy) is 1. The molecule has 0 aromatic heterocycles. The highest BCUT2D eigenvalue weighted by Gasteiger charge is 2.36. The summed E-state index contributed by atoms with van der Waals surface area (Å²) in [7, 11) is 1.80. The van der Waals surface area contributed by atoms with Gasteiger partial charge in [0.2, 0.25) is 5.91 Å². The minimum absolute atomic E-state index is 0.0480. The molecule has 0 saturated carbocycles. The maximum absolute atomic E-state index is 11.6. The second kappa shape index (κ2) is 4.98. The molecule has 1 aliphatic heterocycles. The van der Waals surface area contributed by atoms with Gasteiger partial charge >= 0.3 is 0 Å². The smallest absolute Gasteiger partial charge is 0.224 e. The van der Waals surface area contributed by atoms with Gasteiger partial charge < -0.3 is 15.4 Å². The summed E-state index contributed by atoms with van der Waals surface area (Å²) in [5, 5.41) is 0. The molecule has 0 spiro atoms. The molecular formula is C14H20N2O2. The molecule has 2 N–H and O–H groups in total. The first kappa shape index (κ1) is 12.9. The Bertz CT molecular complexity index is 445. The highest BCUT2D eigenvalue weighted by Crippen LogP contribution is 2.32. The lowest BCUT2D eigenvalue weighted by Crippen LogP contribution is -2.30. The van der Waals surface area contributed by atoms with Crippen LogP contribution in [0.5, 0.6) is 5.75 Å². The van der Waals surface area contributed by atoms with Gasteiger partial charge in [-0.15, -0.1) is 0 Å². The highest BCUT2D eigenvalue weighted by atomic mass is 16.5. The van der Waals surface area contributed by atoms with E-state index < -0.39 is 0 Å². The molecule has 1 heterocycles. The summed E-state index contributed by atoms with van der Waals surface area (Å²) in [6.45, 7) is 3.98. The van der Waals surface area contributed by atoms with E-state index >= 15 is 0 Å². The minimum atomic E-state index is -0.142. The zero-order valence-corrected chi connectivity index (χ0v) is 11.1. The van der Waals surface area contributed by atoms with Crippen molar-refractivity contribution in [2.24, 2.45) is 5.73 Å². The van der Waals surface area contributed by atoms with Gasteiger partial charge in [-0.2, -0.15) is 0 Å². The van der Waals surface area contributed by atoms with Crippen molar-refractivity contribution < 1.29 is 9.53 Å². The quantitative estimate of drug-likeness (QED) is 0.886. The number of likely N-dealkylation sites (N-methyl/N-ethyl adjacent to an activating group) is 1. The predicted octanol–water partition coefficient (Wildman–Crippen LogP) is 1.70. The number of benzene rings is 1. The monoisotopic (exact) mass is 248 g/mol. The fraction of sp³-hybridized carbons (Fsp3) is 0.500. The summed E-state index contributed by atoms with van der Waals surface area (Å²) in [6, 6.07) is 7.64. The first-order valence-electron chi connectivity index (χ1n) is 6.27. The first-order chi connectivity index (χ1) is 8.49. The van der Waals surface area contributed by atoms with E-state index in [1.54, 1.807) is 11.9 Å². The van der Waals surface area contributed by atoms with Crippen molar-refractivity contribution in [2.75, 3.05) is 7.05 Å². The lowest BCUT2D eigenvalue weighted by atomic mass is 10.0. The van der Waals surface area contributed by atoms with Gasteiger partial charge in [-0.3, -0.25) is 4.79 Å². The number of hydrogen-bond acceptors (Lipinski definition) is 3. The fourth-order valence-corrected chi connectivity index (χ4v) is 2.41. The summed E-state index contributed by atoms with van der Waals surface area (Å²) in [5.41, 5.74) is 7.08. The van der Waals surface area contributed by atoms with Crippen molar-refractivity contribution in [2.45, 2.75) is 38.5 Å². The molecule has 1 aliphatic rings. The number of nitrogens with zero attached hydrogens (tertiary/aromatic N) is 1. The number of carbonyl (C=O) groups excluding carboxylic acids is 1. The Hall–Kier alpha value is -1.55. The van der Waals surface area contributed by atoms with Gasteiger partial charge in [-0.05, 0) is 31.5 Å². The van der Waals surface area contributed by atoms with Gasteiger partial charge in [0, 0.05) is 19.5 Å². The van der Waals surface area contributed by atoms with Crippen molar-refractivity contribution >= 4 is 5.91 Å². The molecule has 1 amide bonds. The van der Waals surface area contributed by atoms with E-state index in [4.69, 9.17) is 10.5 Å². The average Bonchev–Trinajstić information content (AvgIpc) is 2.52. The molecule has 1 fully saturated rings. The fourth-order valence-electron chi connectivity index (χ4n) is 2.41. The minimum Gasteiger partial charge on any atom is -0.491 e. The number of likely N-dealkylation sites (tertiary alicyclic amines) is 1. The van der Waals surface area contributed by atoms with E-state index in [0.29, 0.717) is 6.42 Å². The lowest BCUT2D eigenvalue weighted by Gasteiger charge is -2.24. The number of amides is 1. The van der Waals surface area contributed by atoms with Crippen LogP contribution in [0, 0.1) is 0 Å². The van der Waals surface area contributed by atoms with Gasteiger partial charge in [0.1, 0.15) is 5.75 Å². The summed E-state index contributed by atoms with van der Waals surface area (Å²) in [5.74, 6) is 0.921. The third kappa shape index (κ3) is 2.48. The summed E-state index contributed by atoms with van der Waals surface area (Å²) >= 11 is 0. The Kier molecular flexibility index (Phi) is 3.57. The summed E-state index contributed by atoms with van der Waals surface area (Å²) in [6.07, 6.45) is 0.549. The summed E-state index contributed by atoms with van der Waals surface area (Å²) < 4.78 is 5.67. The Labute approximate surface area is 108 Å². The van der Waals surface area contributed by atoms with Crippen LogP contribution in [0.4, 0.5) is 0 Å². The molecule has 98 valence electrons. The van der Waals surface area contributed by atoms with Crippen LogP contribution in [-0.2, 0) is 4.79 Å². The van der Waals surface area contributed by atoms with E-state index in [2.05, 4.69) is 0 Å². The van der Waals surface area contributed by atoms with Crippen molar-refractivity contribution in [3.05, 3.63) is 29.8 Å². The van der Waals surface area contributed by atoms with E-state index in [9.17, 15) is 4.79 Å². The van der Waals surface area contributed by atoms with Gasteiger partial charge in [0.25, 0.3) is 0 Å². The normalized spacial score (nSPS) is 23.8. The second-order valence-electron chi connectivity index (χ2n) is 5.06. The molecular weight excluding hydrogens is 228 g/mol. The molecule has 1 saturated heterocycles. The maximum Gasteiger partial charge on any atom is 0.224 e. The number of rotatable bonds is 3. The molecule has 18 heavy (non-hydrogen) atoms. The van der Waals surface area contributed by atoms with Crippen LogP contribution in [0.3, 0.4) is 0 Å². The Morgan fingerprint density at radius 3 is 2.72 bits per heavy atom. The standard InChI is InChI=1S/C14H20N2O2/c1-9(2)18-11-6-4-5-10(7-11)14-12(15)8-13(17)16(14)3/h4-7,9,12,14H,8,15H2,1-3H3. The topological polar surface area (TPSA) is 55.6 Å². The lowest BCUT2D eigenvalue weighted by molar-refractivity contribution is -0.127. The Morgan fingerprint density at radius 1 is 1.44 bits per heavy atom. The molecule has 4 heteroatoms. The summed E-state index contributed by atoms with van der Waals surface area (Å²) in [4.78, 5) is 13.4. The van der Waals surface area contributed by atoms with Crippen LogP contribution in [0.2, 0.25) is 0 Å². The third-order valence-corrected chi connectivity index (χ3v) is 3.20. The van der Waals surface area contributed by atoms with E-state index in [1.165, 1.54) is 0 Å². The van der Waals surface area contributed by atoms with Crippen molar-refractivity contribution in [1.29, 1.82) is 0 Å². The number of nitrogens with two attached hydrogens (primary N) is 1. The number of hydrogen-bond donors (Lipinski definition) is 1. The predicted molar refractivity (Wildman–Crippen MR) is 70.3 cm³/mol. The van der Waals surface area contributed by atoms with Gasteiger partial charge in [-0.25, -0.2) is 0 Å². The second-order valence-corrected chi connectivity index (χ2v) is 5.06. The van der Waals surface area contributed by atoms with Crippen LogP contribution in [0.25, 0.3) is 0 Å². The van der Waals surface area contributed by atoms with Crippen LogP contribution in [0.15, 0.2) is 24.3 Å². The molecule has 2 rings (SSSR count). The van der Waals surface area contributed by atoms with E-state index in [0.717, 1.165) is 11.3 Å². The van der Waals surface area contributed by atoms with Gasteiger partial charge in [0.15, 0.2) is 0 Å². The largest absolute Gasteiger partial charge is 0.491 e. The zero-order valence-electron chi connectivity index (χ0n) is 11.1. The SMILES string of the molecule is CC(C)Oc1cccc(C2C(N)CC(=O)N2C)c1. The van der Waals surface area contributed by atoms with Crippen LogP contribution < -0.4 is 10.5 Å². The van der Waals surface area contributed by atoms with Gasteiger partial charge in [0.05, 0.1) is 12.1 Å². The van der Waals surface area contributed by atoms with E-state index in [1.807, 2.05) is 38.1 Å². The molecule has 1 aromatic carbocycles. The zero-order chi connectivity index (χ0) is 13.3. The van der Waals surface area contributed by atoms with Crippen LogP contribution in [-0.4, -0.2) is 30.0 Å². The van der Waals surface area contributed by atoms with Crippen molar-refractivity contribution in [3.8, 4) is 5.75 Å². The Balaban J connectivity index is 2.25. The van der Waals surface area contributed by atoms with Crippen molar-refractivity contribution in [3.63, 3.8) is 0 Å². The molecule has 0 aliphatic carbocycles. The molecule has 0 bridgehead atoms. The van der Waals surface area contributed by atoms with Crippen LogP contribution in [0.1, 0.15) is 31.9 Å². The molecule has 2 atom stereocenters. The average molecular weight is 248 g/mol. The Morgan fingerprint density at radius 2 is 2.17 bits per heavy atom.